The van der Waals surface area contributed by atoms with Gasteiger partial charge >= 0.3 is 0 Å². The molecule has 2 N–H and O–H groups in total. The second kappa shape index (κ2) is 9.39. The molecule has 0 aliphatic carbocycles. The molecular formula is C24H24N6O3. The summed E-state index contributed by atoms with van der Waals surface area (Å²) in [5.41, 5.74) is 3.85. The van der Waals surface area contributed by atoms with Crippen LogP contribution in [-0.4, -0.2) is 31.4 Å². The molecular weight excluding hydrogens is 420 g/mol. The largest absolute Gasteiger partial charge is 0.471 e. The highest BCUT2D eigenvalue weighted by molar-refractivity contribution is 6.05. The van der Waals surface area contributed by atoms with E-state index in [9.17, 15) is 9.59 Å². The average molecular weight is 444 g/mol. The van der Waals surface area contributed by atoms with Gasteiger partial charge in [0, 0.05) is 30.8 Å². The van der Waals surface area contributed by atoms with Gasteiger partial charge in [-0.1, -0.05) is 12.1 Å². The Labute approximate surface area is 191 Å². The number of rotatable bonds is 7. The van der Waals surface area contributed by atoms with Gasteiger partial charge in [-0.3, -0.25) is 14.3 Å². The predicted octanol–water partition coefficient (Wildman–Crippen LogP) is 3.77. The fourth-order valence-corrected chi connectivity index (χ4v) is 3.31. The standard InChI is InChI=1S/C24H24N6O3/c1-16-11-17(2)13-20(12-16)33-15-30-10-8-22(28-30)24(32)26-19-6-4-5-18(14-19)25-23(31)21-7-9-29(3)27-21/h4-14H,15H2,1-3H3,(H,25,31)(H,26,32). The quantitative estimate of drug-likeness (QED) is 0.452. The van der Waals surface area contributed by atoms with Crippen molar-refractivity contribution in [2.75, 3.05) is 10.6 Å². The minimum Gasteiger partial charge on any atom is -0.471 e. The van der Waals surface area contributed by atoms with Crippen LogP contribution in [0.3, 0.4) is 0 Å². The van der Waals surface area contributed by atoms with Crippen LogP contribution in [0.15, 0.2) is 67.0 Å². The van der Waals surface area contributed by atoms with Crippen molar-refractivity contribution in [1.29, 1.82) is 0 Å². The number of carbonyl (C=O) groups excluding carboxylic acids is 2. The Morgan fingerprint density at radius 3 is 2.06 bits per heavy atom. The molecule has 0 unspecified atom stereocenters. The maximum Gasteiger partial charge on any atom is 0.276 e. The third-order valence-electron chi connectivity index (χ3n) is 4.76. The molecule has 4 rings (SSSR count). The van der Waals surface area contributed by atoms with Crippen LogP contribution in [0.4, 0.5) is 11.4 Å². The van der Waals surface area contributed by atoms with Crippen LogP contribution in [0.1, 0.15) is 32.1 Å². The molecule has 0 aliphatic heterocycles. The molecule has 2 heterocycles. The number of hydrogen-bond donors (Lipinski definition) is 2. The number of nitrogens with zero attached hydrogens (tertiary/aromatic N) is 4. The van der Waals surface area contributed by atoms with E-state index in [1.54, 1.807) is 65.2 Å². The van der Waals surface area contributed by atoms with Crippen molar-refractivity contribution >= 4 is 23.2 Å². The monoisotopic (exact) mass is 444 g/mol. The van der Waals surface area contributed by atoms with E-state index >= 15 is 0 Å². The first-order valence-corrected chi connectivity index (χ1v) is 10.3. The molecule has 0 bridgehead atoms. The molecule has 2 aromatic heterocycles. The highest BCUT2D eigenvalue weighted by Gasteiger charge is 2.12. The third-order valence-corrected chi connectivity index (χ3v) is 4.76. The van der Waals surface area contributed by atoms with Gasteiger partial charge in [0.1, 0.15) is 5.75 Å². The van der Waals surface area contributed by atoms with Gasteiger partial charge in [-0.25, -0.2) is 4.68 Å². The molecule has 0 aliphatic rings. The molecule has 33 heavy (non-hydrogen) atoms. The zero-order valence-electron chi connectivity index (χ0n) is 18.6. The van der Waals surface area contributed by atoms with Crippen LogP contribution in [0.2, 0.25) is 0 Å². The van der Waals surface area contributed by atoms with Crippen LogP contribution in [0.25, 0.3) is 0 Å². The van der Waals surface area contributed by atoms with Gasteiger partial charge in [0.15, 0.2) is 18.1 Å². The minimum absolute atomic E-state index is 0.186. The van der Waals surface area contributed by atoms with E-state index in [1.165, 1.54) is 0 Å². The Bertz CT molecular complexity index is 1290. The highest BCUT2D eigenvalue weighted by atomic mass is 16.5. The van der Waals surface area contributed by atoms with E-state index in [0.717, 1.165) is 16.9 Å². The van der Waals surface area contributed by atoms with E-state index in [-0.39, 0.29) is 24.2 Å². The summed E-state index contributed by atoms with van der Waals surface area (Å²) in [5.74, 6) is 0.0496. The molecule has 9 heteroatoms. The SMILES string of the molecule is Cc1cc(C)cc(OCn2ccc(C(=O)Nc3cccc(NC(=O)c4ccn(C)n4)c3)n2)c1. The zero-order chi connectivity index (χ0) is 23.4. The van der Waals surface area contributed by atoms with Crippen molar-refractivity contribution in [3.05, 3.63) is 89.5 Å². The molecule has 4 aromatic rings. The average Bonchev–Trinajstić information content (AvgIpc) is 3.41. The third kappa shape index (κ3) is 5.65. The van der Waals surface area contributed by atoms with E-state index in [1.807, 2.05) is 26.0 Å². The van der Waals surface area contributed by atoms with Crippen LogP contribution in [0, 0.1) is 13.8 Å². The van der Waals surface area contributed by atoms with Crippen LogP contribution < -0.4 is 15.4 Å². The summed E-state index contributed by atoms with van der Waals surface area (Å²) in [6.45, 7) is 4.20. The van der Waals surface area contributed by atoms with Gasteiger partial charge in [-0.2, -0.15) is 10.2 Å². The van der Waals surface area contributed by atoms with Gasteiger partial charge in [-0.15, -0.1) is 0 Å². The van der Waals surface area contributed by atoms with Gasteiger partial charge in [0.05, 0.1) is 0 Å². The van der Waals surface area contributed by atoms with E-state index < -0.39 is 0 Å². The summed E-state index contributed by atoms with van der Waals surface area (Å²) in [6.07, 6.45) is 3.37. The van der Waals surface area contributed by atoms with Crippen LogP contribution in [-0.2, 0) is 13.8 Å². The number of carbonyl (C=O) groups is 2. The lowest BCUT2D eigenvalue weighted by atomic mass is 10.1. The van der Waals surface area contributed by atoms with Crippen molar-refractivity contribution in [2.24, 2.45) is 7.05 Å². The van der Waals surface area contributed by atoms with Crippen molar-refractivity contribution < 1.29 is 14.3 Å². The number of benzene rings is 2. The number of aryl methyl sites for hydroxylation is 3. The lowest BCUT2D eigenvalue weighted by molar-refractivity contribution is 0.101. The molecule has 2 amide bonds. The minimum atomic E-state index is -0.367. The molecule has 0 atom stereocenters. The first kappa shape index (κ1) is 21.8. The first-order chi connectivity index (χ1) is 15.9. The number of aromatic nitrogens is 4. The number of nitrogens with one attached hydrogen (secondary N) is 2. The number of hydrogen-bond acceptors (Lipinski definition) is 5. The fourth-order valence-electron chi connectivity index (χ4n) is 3.31. The molecule has 0 saturated carbocycles. The van der Waals surface area contributed by atoms with Crippen LogP contribution in [0.5, 0.6) is 5.75 Å². The molecule has 0 fully saturated rings. The van der Waals surface area contributed by atoms with E-state index in [0.29, 0.717) is 17.1 Å². The Balaban J connectivity index is 1.36. The maximum atomic E-state index is 12.6. The maximum absolute atomic E-state index is 12.6. The number of amides is 2. The number of ether oxygens (including phenoxy) is 1. The Morgan fingerprint density at radius 2 is 1.45 bits per heavy atom. The van der Waals surface area contributed by atoms with Crippen molar-refractivity contribution in [2.45, 2.75) is 20.6 Å². The topological polar surface area (TPSA) is 103 Å². The zero-order valence-corrected chi connectivity index (χ0v) is 18.6. The summed E-state index contributed by atoms with van der Waals surface area (Å²) in [5, 5.41) is 13.9. The van der Waals surface area contributed by atoms with Gasteiger partial charge in [0.25, 0.3) is 11.8 Å². The second-order valence-electron chi connectivity index (χ2n) is 7.70. The fraction of sp³-hybridized carbons (Fsp3) is 0.167. The summed E-state index contributed by atoms with van der Waals surface area (Å²) in [6, 6.07) is 16.1. The Hall–Kier alpha value is -4.40. The molecule has 0 saturated heterocycles. The Kier molecular flexibility index (Phi) is 6.21. The van der Waals surface area contributed by atoms with Gasteiger partial charge < -0.3 is 15.4 Å². The van der Waals surface area contributed by atoms with Crippen molar-refractivity contribution in [3.8, 4) is 5.75 Å². The second-order valence-corrected chi connectivity index (χ2v) is 7.70. The number of anilines is 2. The Morgan fingerprint density at radius 1 is 0.848 bits per heavy atom. The summed E-state index contributed by atoms with van der Waals surface area (Å²) >= 11 is 0. The molecule has 0 spiro atoms. The first-order valence-electron chi connectivity index (χ1n) is 10.3. The van der Waals surface area contributed by atoms with Crippen molar-refractivity contribution in [3.63, 3.8) is 0 Å². The van der Waals surface area contributed by atoms with E-state index in [4.69, 9.17) is 4.74 Å². The summed E-state index contributed by atoms with van der Waals surface area (Å²) in [4.78, 5) is 24.9. The van der Waals surface area contributed by atoms with Gasteiger partial charge in [-0.05, 0) is 67.4 Å². The highest BCUT2D eigenvalue weighted by Crippen LogP contribution is 2.18. The lowest BCUT2D eigenvalue weighted by Crippen LogP contribution is -2.15. The molecule has 168 valence electrons. The van der Waals surface area contributed by atoms with E-state index in [2.05, 4.69) is 26.9 Å². The molecule has 9 nitrogen and oxygen atoms in total. The van der Waals surface area contributed by atoms with Crippen LogP contribution >= 0.6 is 0 Å². The predicted molar refractivity (Wildman–Crippen MR) is 124 cm³/mol. The summed E-state index contributed by atoms with van der Waals surface area (Å²) in [7, 11) is 1.74. The summed E-state index contributed by atoms with van der Waals surface area (Å²) < 4.78 is 8.88. The molecule has 0 radical (unpaired) electrons. The molecule has 2 aromatic carbocycles. The smallest absolute Gasteiger partial charge is 0.276 e. The lowest BCUT2D eigenvalue weighted by Gasteiger charge is -2.08. The van der Waals surface area contributed by atoms with Gasteiger partial charge in [0.2, 0.25) is 0 Å². The normalized spacial score (nSPS) is 10.6. The van der Waals surface area contributed by atoms with Crippen molar-refractivity contribution in [1.82, 2.24) is 19.6 Å².